The fourth-order valence-corrected chi connectivity index (χ4v) is 2.58. The van der Waals surface area contributed by atoms with Gasteiger partial charge in [0.1, 0.15) is 0 Å². The van der Waals surface area contributed by atoms with Gasteiger partial charge in [0.05, 0.1) is 5.60 Å². The average molecular weight is 202 g/mol. The average Bonchev–Trinajstić information content (AvgIpc) is 2.18. The van der Waals surface area contributed by atoms with Crippen molar-refractivity contribution in [1.82, 2.24) is 0 Å². The van der Waals surface area contributed by atoms with Crippen LogP contribution < -0.4 is 0 Å². The lowest BCUT2D eigenvalue weighted by molar-refractivity contribution is 0.0191. The predicted molar refractivity (Wildman–Crippen MR) is 59.9 cm³/mol. The van der Waals surface area contributed by atoms with Crippen molar-refractivity contribution in [2.24, 2.45) is 11.8 Å². The van der Waals surface area contributed by atoms with Crippen LogP contribution in [0.25, 0.3) is 0 Å². The van der Waals surface area contributed by atoms with Gasteiger partial charge in [-0.25, -0.2) is 0 Å². The lowest BCUT2D eigenvalue weighted by Gasteiger charge is -2.38. The third kappa shape index (κ3) is 2.63. The monoisotopic (exact) mass is 202 g/mol. The van der Waals surface area contributed by atoms with Crippen LogP contribution in [0.2, 0.25) is 0 Å². The van der Waals surface area contributed by atoms with Crippen molar-refractivity contribution in [3.05, 3.63) is 0 Å². The maximum absolute atomic E-state index is 5.36. The molecule has 1 nitrogen and oxygen atoms in total. The van der Waals surface area contributed by atoms with Crippen molar-refractivity contribution < 1.29 is 4.18 Å². The Morgan fingerprint density at radius 2 is 1.85 bits per heavy atom. The van der Waals surface area contributed by atoms with Crippen molar-refractivity contribution >= 4 is 12.9 Å². The number of thiol groups is 1. The summed E-state index contributed by atoms with van der Waals surface area (Å²) in [5.41, 5.74) is 0.00323. The molecule has 1 atom stereocenters. The van der Waals surface area contributed by atoms with E-state index in [4.69, 9.17) is 4.18 Å². The van der Waals surface area contributed by atoms with Crippen LogP contribution in [0, 0.1) is 11.8 Å². The van der Waals surface area contributed by atoms with E-state index in [2.05, 4.69) is 33.7 Å². The first kappa shape index (κ1) is 11.4. The molecule has 0 heterocycles. The zero-order valence-electron chi connectivity index (χ0n) is 9.05. The molecule has 1 rings (SSSR count). The van der Waals surface area contributed by atoms with Gasteiger partial charge in [0.15, 0.2) is 0 Å². The minimum Gasteiger partial charge on any atom is -0.312 e. The molecular formula is C11H22OS. The summed E-state index contributed by atoms with van der Waals surface area (Å²) in [4.78, 5) is 0. The summed E-state index contributed by atoms with van der Waals surface area (Å²) >= 11 is 4.01. The smallest absolute Gasteiger partial charge is 0.0823 e. The normalized spacial score (nSPS) is 34.2. The molecule has 78 valence electrons. The molecule has 0 amide bonds. The van der Waals surface area contributed by atoms with Crippen LogP contribution in [0.5, 0.6) is 0 Å². The molecule has 0 spiro atoms. The van der Waals surface area contributed by atoms with Gasteiger partial charge in [-0.15, -0.1) is 0 Å². The highest BCUT2D eigenvalue weighted by Gasteiger charge is 2.35. The first-order chi connectivity index (χ1) is 6.12. The van der Waals surface area contributed by atoms with Crippen LogP contribution in [-0.4, -0.2) is 5.60 Å². The molecule has 0 N–H and O–H groups in total. The van der Waals surface area contributed by atoms with Gasteiger partial charge >= 0.3 is 0 Å². The van der Waals surface area contributed by atoms with Gasteiger partial charge in [0, 0.05) is 0 Å². The van der Waals surface area contributed by atoms with Crippen LogP contribution in [-0.2, 0) is 4.18 Å². The SMILES string of the molecule is CCC(C)(OS)C1CCC(C)CC1. The van der Waals surface area contributed by atoms with Gasteiger partial charge < -0.3 is 4.18 Å². The summed E-state index contributed by atoms with van der Waals surface area (Å²) in [7, 11) is 0. The van der Waals surface area contributed by atoms with E-state index in [0.29, 0.717) is 5.92 Å². The Balaban J connectivity index is 2.51. The third-order valence-electron chi connectivity index (χ3n) is 3.79. The van der Waals surface area contributed by atoms with Gasteiger partial charge in [-0.2, -0.15) is 0 Å². The van der Waals surface area contributed by atoms with E-state index >= 15 is 0 Å². The van der Waals surface area contributed by atoms with Gasteiger partial charge in [-0.3, -0.25) is 0 Å². The fourth-order valence-electron chi connectivity index (χ4n) is 2.30. The van der Waals surface area contributed by atoms with Gasteiger partial charge in [-0.05, 0) is 50.9 Å². The van der Waals surface area contributed by atoms with Gasteiger partial charge in [0.25, 0.3) is 0 Å². The predicted octanol–water partition coefficient (Wildman–Crippen LogP) is 3.84. The molecule has 1 fully saturated rings. The Bertz CT molecular complexity index is 146. The molecule has 1 saturated carbocycles. The van der Waals surface area contributed by atoms with E-state index in [1.165, 1.54) is 25.7 Å². The Hall–Kier alpha value is 0.310. The third-order valence-corrected chi connectivity index (χ3v) is 4.21. The Kier molecular flexibility index (Phi) is 4.11. The first-order valence-electron chi connectivity index (χ1n) is 5.45. The quantitative estimate of drug-likeness (QED) is 0.540. The van der Waals surface area contributed by atoms with Gasteiger partial charge in [0.2, 0.25) is 0 Å². The summed E-state index contributed by atoms with van der Waals surface area (Å²) in [6, 6.07) is 0. The van der Waals surface area contributed by atoms with E-state index in [0.717, 1.165) is 12.3 Å². The first-order valence-corrected chi connectivity index (χ1v) is 5.81. The molecule has 0 aromatic heterocycles. The fraction of sp³-hybridized carbons (Fsp3) is 1.00. The second-order valence-electron chi connectivity index (χ2n) is 4.71. The Morgan fingerprint density at radius 1 is 1.31 bits per heavy atom. The van der Waals surface area contributed by atoms with Crippen LogP contribution >= 0.6 is 12.9 Å². The summed E-state index contributed by atoms with van der Waals surface area (Å²) < 4.78 is 5.36. The number of hydrogen-bond donors (Lipinski definition) is 1. The standard InChI is InChI=1S/C11H22OS/c1-4-11(3,12-13)10-7-5-9(2)6-8-10/h9-10,13H,4-8H2,1-3H3. The van der Waals surface area contributed by atoms with E-state index < -0.39 is 0 Å². The molecule has 0 bridgehead atoms. The molecule has 0 aromatic rings. The highest BCUT2D eigenvalue weighted by molar-refractivity contribution is 7.75. The van der Waals surface area contributed by atoms with E-state index in [-0.39, 0.29) is 5.60 Å². The van der Waals surface area contributed by atoms with Crippen molar-refractivity contribution in [3.63, 3.8) is 0 Å². The summed E-state index contributed by atoms with van der Waals surface area (Å²) in [5, 5.41) is 0. The second kappa shape index (κ2) is 4.70. The molecule has 2 heteroatoms. The minimum absolute atomic E-state index is 0.00323. The molecule has 1 aliphatic carbocycles. The van der Waals surface area contributed by atoms with Crippen molar-refractivity contribution in [3.8, 4) is 0 Å². The van der Waals surface area contributed by atoms with E-state index in [1.54, 1.807) is 0 Å². The Labute approximate surface area is 87.9 Å². The summed E-state index contributed by atoms with van der Waals surface area (Å²) in [6.07, 6.45) is 6.41. The zero-order chi connectivity index (χ0) is 9.90. The molecule has 1 unspecified atom stereocenters. The lowest BCUT2D eigenvalue weighted by Crippen LogP contribution is -2.37. The molecule has 0 saturated heterocycles. The molecule has 0 aromatic carbocycles. The maximum atomic E-state index is 5.36. The maximum Gasteiger partial charge on any atom is 0.0823 e. The van der Waals surface area contributed by atoms with E-state index in [1.807, 2.05) is 0 Å². The number of hydrogen-bond acceptors (Lipinski definition) is 2. The molecule has 0 radical (unpaired) electrons. The molecule has 0 aliphatic heterocycles. The van der Waals surface area contributed by atoms with Crippen LogP contribution in [0.3, 0.4) is 0 Å². The number of rotatable bonds is 3. The van der Waals surface area contributed by atoms with Gasteiger partial charge in [-0.1, -0.05) is 26.7 Å². The van der Waals surface area contributed by atoms with Crippen molar-refractivity contribution in [1.29, 1.82) is 0 Å². The Morgan fingerprint density at radius 3 is 2.23 bits per heavy atom. The van der Waals surface area contributed by atoms with E-state index in [9.17, 15) is 0 Å². The summed E-state index contributed by atoms with van der Waals surface area (Å²) in [6.45, 7) is 6.73. The van der Waals surface area contributed by atoms with Crippen LogP contribution in [0.1, 0.15) is 52.9 Å². The van der Waals surface area contributed by atoms with Crippen LogP contribution in [0.15, 0.2) is 0 Å². The summed E-state index contributed by atoms with van der Waals surface area (Å²) in [5.74, 6) is 1.63. The minimum atomic E-state index is 0.00323. The molecule has 1 aliphatic rings. The van der Waals surface area contributed by atoms with Crippen LogP contribution in [0.4, 0.5) is 0 Å². The second-order valence-corrected chi connectivity index (χ2v) is 4.90. The lowest BCUT2D eigenvalue weighted by atomic mass is 9.74. The molecular weight excluding hydrogens is 180 g/mol. The highest BCUT2D eigenvalue weighted by Crippen LogP contribution is 2.39. The molecule has 13 heavy (non-hydrogen) atoms. The topological polar surface area (TPSA) is 9.23 Å². The zero-order valence-corrected chi connectivity index (χ0v) is 9.94. The van der Waals surface area contributed by atoms with Crippen molar-refractivity contribution in [2.45, 2.75) is 58.5 Å². The largest absolute Gasteiger partial charge is 0.312 e. The van der Waals surface area contributed by atoms with Crippen molar-refractivity contribution in [2.75, 3.05) is 0 Å². The highest BCUT2D eigenvalue weighted by atomic mass is 32.1.